The molecule has 246 valence electrons. The van der Waals surface area contributed by atoms with E-state index in [0.717, 1.165) is 56.4 Å². The molecule has 1 aromatic rings. The average Bonchev–Trinajstić information content (AvgIpc) is 3.62. The number of rotatable bonds is 13. The molecule has 4 N–H and O–H groups in total. The largest absolute Gasteiger partial charge is 0.395 e. The van der Waals surface area contributed by atoms with Crippen molar-refractivity contribution in [2.24, 2.45) is 10.9 Å². The van der Waals surface area contributed by atoms with Gasteiger partial charge in [0.1, 0.15) is 6.23 Å². The van der Waals surface area contributed by atoms with Gasteiger partial charge in [0.2, 0.25) is 0 Å². The van der Waals surface area contributed by atoms with Gasteiger partial charge in [-0.25, -0.2) is 5.01 Å². The van der Waals surface area contributed by atoms with Crippen LogP contribution in [0.5, 0.6) is 0 Å². The third-order valence-corrected chi connectivity index (χ3v) is 11.0. The minimum Gasteiger partial charge on any atom is -0.395 e. The molecule has 0 bridgehead atoms. The highest BCUT2D eigenvalue weighted by atomic mass is 32.2. The van der Waals surface area contributed by atoms with Crippen molar-refractivity contribution in [1.82, 2.24) is 20.2 Å². The summed E-state index contributed by atoms with van der Waals surface area (Å²) < 4.78 is 12.1. The van der Waals surface area contributed by atoms with Crippen LogP contribution in [0.25, 0.3) is 0 Å². The zero-order chi connectivity index (χ0) is 31.1. The van der Waals surface area contributed by atoms with Gasteiger partial charge in [-0.05, 0) is 44.9 Å². The first-order valence-corrected chi connectivity index (χ1v) is 17.4. The van der Waals surface area contributed by atoms with E-state index in [9.17, 15) is 15.0 Å². The van der Waals surface area contributed by atoms with E-state index in [1.807, 2.05) is 6.92 Å². The summed E-state index contributed by atoms with van der Waals surface area (Å²) >= 11 is 1.75. The lowest BCUT2D eigenvalue weighted by Crippen LogP contribution is -2.53. The number of amidine groups is 1. The quantitative estimate of drug-likeness (QED) is 0.188. The Balaban J connectivity index is 1.08. The van der Waals surface area contributed by atoms with Crippen LogP contribution >= 0.6 is 11.8 Å². The number of carbonyl (C=O) groups is 1. The Kier molecular flexibility index (Phi) is 12.5. The molecule has 5 rings (SSSR count). The van der Waals surface area contributed by atoms with E-state index in [4.69, 9.17) is 14.5 Å². The van der Waals surface area contributed by atoms with Crippen LogP contribution in [-0.2, 0) is 14.3 Å². The molecule has 0 spiro atoms. The smallest absolute Gasteiger partial charge is 0.152 e. The van der Waals surface area contributed by atoms with Gasteiger partial charge in [0.05, 0.1) is 43.6 Å². The maximum absolute atomic E-state index is 13.0. The van der Waals surface area contributed by atoms with Crippen LogP contribution in [0.1, 0.15) is 45.1 Å². The minimum absolute atomic E-state index is 0.0658. The molecule has 4 saturated heterocycles. The number of aliphatic hydroxyl groups is 2. The Morgan fingerprint density at radius 1 is 1.20 bits per heavy atom. The second-order valence-corrected chi connectivity index (χ2v) is 13.8. The number of hydrazine groups is 1. The van der Waals surface area contributed by atoms with E-state index < -0.39 is 0 Å². The van der Waals surface area contributed by atoms with Crippen molar-refractivity contribution in [1.29, 1.82) is 0 Å². The first kappa shape index (κ1) is 33.7. The second kappa shape index (κ2) is 16.3. The Morgan fingerprint density at radius 3 is 2.64 bits per heavy atom. The zero-order valence-corrected chi connectivity index (χ0v) is 27.4. The number of nitrogens with one attached hydrogen (secondary N) is 2. The van der Waals surface area contributed by atoms with E-state index in [2.05, 4.69) is 63.7 Å². The normalized spacial score (nSPS) is 31.0. The van der Waals surface area contributed by atoms with Gasteiger partial charge < -0.3 is 25.0 Å². The van der Waals surface area contributed by atoms with E-state index in [0.29, 0.717) is 56.5 Å². The van der Waals surface area contributed by atoms with E-state index >= 15 is 0 Å². The zero-order valence-electron chi connectivity index (χ0n) is 26.6. The fourth-order valence-electron chi connectivity index (χ4n) is 6.83. The molecule has 4 fully saturated rings. The number of ketones is 1. The average molecular weight is 633 g/mol. The highest BCUT2D eigenvalue weighted by molar-refractivity contribution is 8.01. The molecular formula is C32H52N6O5S. The fourth-order valence-corrected chi connectivity index (χ4v) is 8.36. The second-order valence-electron chi connectivity index (χ2n) is 12.7. The molecule has 7 atom stereocenters. The van der Waals surface area contributed by atoms with Crippen molar-refractivity contribution in [2.75, 3.05) is 83.3 Å². The van der Waals surface area contributed by atoms with E-state index in [-0.39, 0.29) is 36.7 Å². The van der Waals surface area contributed by atoms with Gasteiger partial charge in [-0.3, -0.25) is 25.0 Å². The predicted molar refractivity (Wildman–Crippen MR) is 175 cm³/mol. The third kappa shape index (κ3) is 8.59. The van der Waals surface area contributed by atoms with Crippen LogP contribution in [0, 0.1) is 5.92 Å². The van der Waals surface area contributed by atoms with Crippen LogP contribution in [0.2, 0.25) is 0 Å². The van der Waals surface area contributed by atoms with Crippen molar-refractivity contribution < 1.29 is 24.5 Å². The van der Waals surface area contributed by atoms with Gasteiger partial charge >= 0.3 is 0 Å². The number of hydrogen-bond acceptors (Lipinski definition) is 11. The summed E-state index contributed by atoms with van der Waals surface area (Å²) in [6, 6.07) is 9.22. The number of ether oxygens (including phenoxy) is 2. The molecular weight excluding hydrogens is 580 g/mol. The summed E-state index contributed by atoms with van der Waals surface area (Å²) in [4.78, 5) is 22.2. The van der Waals surface area contributed by atoms with Gasteiger partial charge in [0, 0.05) is 87.6 Å². The minimum atomic E-state index is -0.137. The Hall–Kier alpha value is -1.61. The van der Waals surface area contributed by atoms with Gasteiger partial charge in [-0.2, -0.15) is 0 Å². The van der Waals surface area contributed by atoms with Gasteiger partial charge in [0.25, 0.3) is 0 Å². The number of morpholine rings is 1. The molecule has 0 aromatic heterocycles. The number of aliphatic imine (C=N–C) groups is 1. The SMILES string of the molecule is CC(=NCCC(C)N1CC(CN(CCO)CCO)C(C)N1)Nc1ccc(C2CSC3C(=O)CC(N4CCOCC4)OC32)cc1. The van der Waals surface area contributed by atoms with Crippen molar-refractivity contribution in [3.8, 4) is 0 Å². The topological polar surface area (TPSA) is 122 Å². The summed E-state index contributed by atoms with van der Waals surface area (Å²) in [5.41, 5.74) is 5.84. The van der Waals surface area contributed by atoms with Crippen molar-refractivity contribution >= 4 is 29.1 Å². The molecule has 4 aliphatic heterocycles. The lowest BCUT2D eigenvalue weighted by atomic mass is 9.89. The number of Topliss-reactive ketones (excluding diaryl/α,β-unsaturated/α-hetero) is 1. The number of carbonyl (C=O) groups excluding carboxylic acids is 1. The third-order valence-electron chi connectivity index (χ3n) is 9.54. The summed E-state index contributed by atoms with van der Waals surface area (Å²) in [7, 11) is 0. The van der Waals surface area contributed by atoms with Gasteiger partial charge in [0.15, 0.2) is 5.78 Å². The van der Waals surface area contributed by atoms with Gasteiger partial charge in [-0.15, -0.1) is 11.8 Å². The number of anilines is 1. The summed E-state index contributed by atoms with van der Waals surface area (Å²) in [5.74, 6) is 2.76. The number of nitrogens with zero attached hydrogens (tertiary/aromatic N) is 4. The molecule has 1 aromatic carbocycles. The molecule has 7 unspecified atom stereocenters. The number of aliphatic hydroxyl groups excluding tert-OH is 2. The maximum Gasteiger partial charge on any atom is 0.152 e. The van der Waals surface area contributed by atoms with Crippen LogP contribution < -0.4 is 10.7 Å². The van der Waals surface area contributed by atoms with Crippen molar-refractivity contribution in [3.63, 3.8) is 0 Å². The molecule has 0 saturated carbocycles. The predicted octanol–water partition coefficient (Wildman–Crippen LogP) is 1.62. The number of hydrogen-bond donors (Lipinski definition) is 4. The molecule has 4 heterocycles. The Bertz CT molecular complexity index is 1080. The molecule has 0 aliphatic carbocycles. The molecule has 11 nitrogen and oxygen atoms in total. The maximum atomic E-state index is 13.0. The van der Waals surface area contributed by atoms with Crippen molar-refractivity contribution in [3.05, 3.63) is 29.8 Å². The molecule has 44 heavy (non-hydrogen) atoms. The molecule has 4 aliphatic rings. The summed E-state index contributed by atoms with van der Waals surface area (Å²) in [6.07, 6.45) is 1.20. The van der Waals surface area contributed by atoms with Gasteiger partial charge in [-0.1, -0.05) is 12.1 Å². The highest BCUT2D eigenvalue weighted by Gasteiger charge is 2.48. The fraction of sp³-hybridized carbons (Fsp3) is 0.750. The standard InChI is InChI=1S/C32H52N6O5S/c1-22(38-20-26(23(2)35-38)19-36(10-14-39)11-15-40)8-9-33-24(3)34-27-6-4-25(5-7-27)28-21-44-32-29(41)18-30(43-31(28)32)37-12-16-42-17-13-37/h4-7,22-23,26,28,30-32,35,39-40H,8-21H2,1-3H3,(H,33,34). The lowest BCUT2D eigenvalue weighted by Gasteiger charge is -2.40. The number of benzene rings is 1. The number of fused-ring (bicyclic) bond motifs is 1. The first-order chi connectivity index (χ1) is 21.4. The van der Waals surface area contributed by atoms with Crippen molar-refractivity contribution in [2.45, 2.75) is 69.2 Å². The van der Waals surface area contributed by atoms with Crippen LogP contribution in [-0.4, -0.2) is 144 Å². The Morgan fingerprint density at radius 2 is 1.93 bits per heavy atom. The number of thioether (sulfide) groups is 1. The van der Waals surface area contributed by atoms with E-state index in [1.165, 1.54) is 5.56 Å². The lowest BCUT2D eigenvalue weighted by molar-refractivity contribution is -0.162. The molecule has 0 radical (unpaired) electrons. The van der Waals surface area contributed by atoms with Crippen LogP contribution in [0.4, 0.5) is 5.69 Å². The monoisotopic (exact) mass is 632 g/mol. The first-order valence-electron chi connectivity index (χ1n) is 16.3. The van der Waals surface area contributed by atoms with E-state index in [1.54, 1.807) is 11.8 Å². The molecule has 0 amide bonds. The highest BCUT2D eigenvalue weighted by Crippen LogP contribution is 2.44. The van der Waals surface area contributed by atoms with Crippen LogP contribution in [0.15, 0.2) is 29.3 Å². The van der Waals surface area contributed by atoms with Crippen LogP contribution in [0.3, 0.4) is 0 Å². The summed E-state index contributed by atoms with van der Waals surface area (Å²) in [6.45, 7) is 13.4. The summed E-state index contributed by atoms with van der Waals surface area (Å²) in [5, 5.41) is 24.4. The molecule has 12 heteroatoms. The Labute approximate surface area is 266 Å².